The smallest absolute Gasteiger partial charge is 0.406 e. The summed E-state index contributed by atoms with van der Waals surface area (Å²) in [5, 5.41) is 7.56. The highest BCUT2D eigenvalue weighted by atomic mass is 19.4. The average Bonchev–Trinajstić information content (AvgIpc) is 2.88. The zero-order valence-electron chi connectivity index (χ0n) is 11.1. The molecule has 1 atom stereocenters. The number of halogens is 3. The van der Waals surface area contributed by atoms with Gasteiger partial charge < -0.3 is 4.74 Å². The molecule has 1 aliphatic carbocycles. The Balaban J connectivity index is 1.82. The lowest BCUT2D eigenvalue weighted by Crippen LogP contribution is -2.13. The number of nitrogens with zero attached hydrogens (tertiary/aromatic N) is 3. The van der Waals surface area contributed by atoms with Crippen molar-refractivity contribution in [3.63, 3.8) is 0 Å². The molecule has 1 unspecified atom stereocenters. The summed E-state index contributed by atoms with van der Waals surface area (Å²) in [6, 6.07) is 3.51. The van der Waals surface area contributed by atoms with Gasteiger partial charge in [0.2, 0.25) is 5.82 Å². The summed E-state index contributed by atoms with van der Waals surface area (Å²) in [7, 11) is 0. The summed E-state index contributed by atoms with van der Waals surface area (Å²) in [6.07, 6.45) is 2.28. The Labute approximate surface area is 122 Å². The minimum atomic E-state index is -4.69. The van der Waals surface area contributed by atoms with Crippen LogP contribution in [0.3, 0.4) is 0 Å². The van der Waals surface area contributed by atoms with Gasteiger partial charge in [0, 0.05) is 12.1 Å². The van der Waals surface area contributed by atoms with Crippen molar-refractivity contribution in [1.82, 2.24) is 14.6 Å². The number of alkyl halides is 3. The molecule has 0 N–H and O–H groups in total. The average molecular weight is 309 g/mol. The Morgan fingerprint density at radius 3 is 2.77 bits per heavy atom. The predicted octanol–water partition coefficient (Wildman–Crippen LogP) is 3.01. The monoisotopic (exact) mass is 309 g/mol. The van der Waals surface area contributed by atoms with E-state index in [-0.39, 0.29) is 17.5 Å². The maximum absolute atomic E-state index is 12.1. The first-order chi connectivity index (χ1) is 10.5. The van der Waals surface area contributed by atoms with E-state index in [4.69, 9.17) is 0 Å². The van der Waals surface area contributed by atoms with E-state index in [1.807, 2.05) is 0 Å². The van der Waals surface area contributed by atoms with Gasteiger partial charge in [0.25, 0.3) is 0 Å². The molecule has 0 aliphatic heterocycles. The van der Waals surface area contributed by atoms with E-state index < -0.39 is 6.36 Å². The summed E-state index contributed by atoms with van der Waals surface area (Å²) in [5.74, 6) is -0.150. The van der Waals surface area contributed by atoms with Gasteiger partial charge in [-0.25, -0.2) is 0 Å². The summed E-state index contributed by atoms with van der Waals surface area (Å²) >= 11 is 0. The van der Waals surface area contributed by atoms with Gasteiger partial charge in [0.15, 0.2) is 11.9 Å². The summed E-state index contributed by atoms with van der Waals surface area (Å²) in [4.78, 5) is 10.9. The maximum atomic E-state index is 12.1. The van der Waals surface area contributed by atoms with Crippen LogP contribution in [0.25, 0.3) is 5.65 Å². The van der Waals surface area contributed by atoms with Crippen molar-refractivity contribution in [2.75, 3.05) is 0 Å². The van der Waals surface area contributed by atoms with E-state index in [1.54, 1.807) is 28.8 Å². The number of aldehydes is 1. The molecule has 0 saturated heterocycles. The number of hydrogen-bond donors (Lipinski definition) is 0. The molecule has 0 radical (unpaired) electrons. The van der Waals surface area contributed by atoms with Crippen molar-refractivity contribution in [2.45, 2.75) is 18.7 Å². The van der Waals surface area contributed by atoms with Crippen LogP contribution < -0.4 is 0 Å². The molecular formula is C14H10F3N3O2. The zero-order valence-corrected chi connectivity index (χ0v) is 11.1. The van der Waals surface area contributed by atoms with E-state index >= 15 is 0 Å². The Morgan fingerprint density at radius 2 is 2.14 bits per heavy atom. The zero-order chi connectivity index (χ0) is 15.7. The van der Waals surface area contributed by atoms with E-state index in [1.165, 1.54) is 12.2 Å². The van der Waals surface area contributed by atoms with Crippen LogP contribution in [0, 0.1) is 0 Å². The number of carbonyl (C=O) groups excluding carboxylic acids is 1. The second-order valence-corrected chi connectivity index (χ2v) is 4.72. The van der Waals surface area contributed by atoms with Crippen LogP contribution in [0.1, 0.15) is 28.5 Å². The van der Waals surface area contributed by atoms with Crippen molar-refractivity contribution in [3.05, 3.63) is 53.7 Å². The summed E-state index contributed by atoms with van der Waals surface area (Å²) in [6.45, 7) is 0. The number of allylic oxidation sites excluding steroid dienone is 3. The molecule has 0 bridgehead atoms. The maximum Gasteiger partial charge on any atom is 0.573 e. The van der Waals surface area contributed by atoms with E-state index in [0.29, 0.717) is 18.4 Å². The molecule has 0 fully saturated rings. The minimum Gasteiger partial charge on any atom is -0.406 e. The van der Waals surface area contributed by atoms with Gasteiger partial charge in [-0.05, 0) is 30.2 Å². The molecule has 0 saturated carbocycles. The molecule has 1 aliphatic rings. The van der Waals surface area contributed by atoms with Crippen LogP contribution in [0.15, 0.2) is 42.3 Å². The summed E-state index contributed by atoms with van der Waals surface area (Å²) < 4.78 is 41.8. The van der Waals surface area contributed by atoms with Crippen molar-refractivity contribution in [1.29, 1.82) is 0 Å². The van der Waals surface area contributed by atoms with Gasteiger partial charge >= 0.3 is 6.36 Å². The third kappa shape index (κ3) is 2.85. The molecule has 2 heterocycles. The lowest BCUT2D eigenvalue weighted by atomic mass is 9.93. The molecule has 8 heteroatoms. The van der Waals surface area contributed by atoms with Crippen LogP contribution >= 0.6 is 0 Å². The second-order valence-electron chi connectivity index (χ2n) is 4.72. The molecule has 0 spiro atoms. The van der Waals surface area contributed by atoms with Gasteiger partial charge in [-0.1, -0.05) is 12.1 Å². The minimum absolute atomic E-state index is 0.105. The number of aromatic nitrogens is 3. The second kappa shape index (κ2) is 5.28. The molecule has 5 nitrogen and oxygen atoms in total. The molecule has 2 aromatic rings. The molecule has 2 aromatic heterocycles. The number of rotatable bonds is 3. The Bertz CT molecular complexity index is 777. The van der Waals surface area contributed by atoms with Crippen molar-refractivity contribution in [2.24, 2.45) is 0 Å². The Hall–Kier alpha value is -2.64. The van der Waals surface area contributed by atoms with Crippen LogP contribution in [0.5, 0.6) is 0 Å². The fourth-order valence-electron chi connectivity index (χ4n) is 2.28. The van der Waals surface area contributed by atoms with E-state index in [2.05, 4.69) is 14.9 Å². The molecule has 0 aromatic carbocycles. The van der Waals surface area contributed by atoms with Gasteiger partial charge in [0.05, 0.1) is 0 Å². The fraction of sp³-hybridized carbons (Fsp3) is 0.214. The lowest BCUT2D eigenvalue weighted by Gasteiger charge is -2.18. The molecule has 22 heavy (non-hydrogen) atoms. The normalized spacial score (nSPS) is 18.3. The summed E-state index contributed by atoms with van der Waals surface area (Å²) in [5.41, 5.74) is 1.37. The standard InChI is InChI=1S/C14H10F3N3O2/c15-14(16,17)22-11-4-1-9(2-5-11)10-3-6-12-18-19-13(8-21)20(12)7-10/h1,3-9H,2H2. The fourth-order valence-corrected chi connectivity index (χ4v) is 2.28. The predicted molar refractivity (Wildman–Crippen MR) is 70.1 cm³/mol. The van der Waals surface area contributed by atoms with E-state index in [9.17, 15) is 18.0 Å². The van der Waals surface area contributed by atoms with Gasteiger partial charge in [-0.2, -0.15) is 0 Å². The first-order valence-corrected chi connectivity index (χ1v) is 6.40. The van der Waals surface area contributed by atoms with Crippen LogP contribution in [0.4, 0.5) is 13.2 Å². The third-order valence-electron chi connectivity index (χ3n) is 3.28. The van der Waals surface area contributed by atoms with Gasteiger partial charge in [0.1, 0.15) is 5.76 Å². The molecular weight excluding hydrogens is 299 g/mol. The molecule has 3 rings (SSSR count). The topological polar surface area (TPSA) is 56.5 Å². The number of hydrogen-bond acceptors (Lipinski definition) is 4. The largest absolute Gasteiger partial charge is 0.573 e. The van der Waals surface area contributed by atoms with Gasteiger partial charge in [-0.3, -0.25) is 9.20 Å². The van der Waals surface area contributed by atoms with Crippen molar-refractivity contribution in [3.8, 4) is 0 Å². The molecule has 114 valence electrons. The van der Waals surface area contributed by atoms with E-state index in [0.717, 1.165) is 5.56 Å². The number of pyridine rings is 1. The SMILES string of the molecule is O=Cc1nnc2ccc(C3C=CC(OC(F)(F)F)=CC3)cn12. The lowest BCUT2D eigenvalue weighted by molar-refractivity contribution is -0.303. The first kappa shape index (κ1) is 14.3. The highest BCUT2D eigenvalue weighted by Gasteiger charge is 2.32. The van der Waals surface area contributed by atoms with Crippen LogP contribution in [-0.4, -0.2) is 27.2 Å². The third-order valence-corrected chi connectivity index (χ3v) is 3.28. The Morgan fingerprint density at radius 1 is 1.32 bits per heavy atom. The highest BCUT2D eigenvalue weighted by Crippen LogP contribution is 2.30. The van der Waals surface area contributed by atoms with Gasteiger partial charge in [-0.15, -0.1) is 23.4 Å². The Kier molecular flexibility index (Phi) is 3.44. The van der Waals surface area contributed by atoms with Crippen LogP contribution in [-0.2, 0) is 4.74 Å². The number of carbonyl (C=O) groups is 1. The van der Waals surface area contributed by atoms with Crippen LogP contribution in [0.2, 0.25) is 0 Å². The number of ether oxygens (including phenoxy) is 1. The van der Waals surface area contributed by atoms with Crippen molar-refractivity contribution >= 4 is 11.9 Å². The molecule has 0 amide bonds. The van der Waals surface area contributed by atoms with Crippen molar-refractivity contribution < 1.29 is 22.7 Å². The quantitative estimate of drug-likeness (QED) is 0.818. The highest BCUT2D eigenvalue weighted by molar-refractivity contribution is 5.70. The number of fused-ring (bicyclic) bond motifs is 1. The first-order valence-electron chi connectivity index (χ1n) is 6.40.